The molecule has 0 aromatic heterocycles. The fraction of sp³-hybridized carbons (Fsp3) is 0.562. The number of hydrogen-bond acceptors (Lipinski definition) is 3. The Balaban J connectivity index is 1.97. The first kappa shape index (κ1) is 15.0. The Kier molecular flexibility index (Phi) is 5.56. The van der Waals surface area contributed by atoms with Gasteiger partial charge in [-0.3, -0.25) is 4.79 Å². The van der Waals surface area contributed by atoms with Gasteiger partial charge in [0.15, 0.2) is 0 Å². The number of hydrogen-bond donors (Lipinski definition) is 1. The summed E-state index contributed by atoms with van der Waals surface area (Å²) in [5.74, 6) is -0.0755. The average Bonchev–Trinajstić information content (AvgIpc) is 2.50. The van der Waals surface area contributed by atoms with Gasteiger partial charge >= 0.3 is 0 Å². The van der Waals surface area contributed by atoms with E-state index < -0.39 is 0 Å². The molecule has 2 rings (SSSR count). The minimum atomic E-state index is -0.222. The molecule has 1 heterocycles. The maximum atomic E-state index is 12.6. The van der Waals surface area contributed by atoms with Crippen molar-refractivity contribution < 1.29 is 9.53 Å². The molecule has 0 bridgehead atoms. The smallest absolute Gasteiger partial charge is 0.231 e. The predicted molar refractivity (Wildman–Crippen MR) is 79.5 cm³/mol. The molecule has 1 aliphatic heterocycles. The monoisotopic (exact) mass is 276 g/mol. The fourth-order valence-electron chi connectivity index (χ4n) is 2.76. The summed E-state index contributed by atoms with van der Waals surface area (Å²) in [4.78, 5) is 14.5. The van der Waals surface area contributed by atoms with Crippen LogP contribution >= 0.6 is 0 Å². The van der Waals surface area contributed by atoms with E-state index in [1.807, 2.05) is 42.2 Å². The number of piperidine rings is 1. The lowest BCUT2D eigenvalue weighted by Gasteiger charge is -2.34. The molecule has 4 heteroatoms. The van der Waals surface area contributed by atoms with E-state index in [0.29, 0.717) is 12.6 Å². The number of benzene rings is 1. The van der Waals surface area contributed by atoms with E-state index in [2.05, 4.69) is 0 Å². The lowest BCUT2D eigenvalue weighted by molar-refractivity contribution is -0.135. The third kappa shape index (κ3) is 3.58. The minimum absolute atomic E-state index is 0.147. The van der Waals surface area contributed by atoms with E-state index in [9.17, 15) is 4.79 Å². The van der Waals surface area contributed by atoms with Crippen molar-refractivity contribution in [2.75, 3.05) is 26.2 Å². The summed E-state index contributed by atoms with van der Waals surface area (Å²) >= 11 is 0. The predicted octanol–water partition coefficient (Wildman–Crippen LogP) is 1.76. The molecule has 1 fully saturated rings. The van der Waals surface area contributed by atoms with Crippen molar-refractivity contribution in [1.82, 2.24) is 4.90 Å². The van der Waals surface area contributed by atoms with Crippen LogP contribution in [0.5, 0.6) is 0 Å². The standard InChI is InChI=1S/C16H24N2O2/c1-2-20-14-8-10-18(11-9-14)16(19)15(12-17)13-6-4-3-5-7-13/h3-7,14-15H,2,8-12,17H2,1H3. The number of nitrogens with zero attached hydrogens (tertiary/aromatic N) is 1. The van der Waals surface area contributed by atoms with Crippen molar-refractivity contribution in [3.05, 3.63) is 35.9 Å². The summed E-state index contributed by atoms with van der Waals surface area (Å²) in [5.41, 5.74) is 6.82. The van der Waals surface area contributed by atoms with Crippen LogP contribution in [0.2, 0.25) is 0 Å². The maximum absolute atomic E-state index is 12.6. The first-order valence-electron chi connectivity index (χ1n) is 7.41. The van der Waals surface area contributed by atoms with Crippen molar-refractivity contribution in [2.45, 2.75) is 31.8 Å². The molecule has 0 spiro atoms. The minimum Gasteiger partial charge on any atom is -0.378 e. The zero-order valence-corrected chi connectivity index (χ0v) is 12.1. The van der Waals surface area contributed by atoms with Gasteiger partial charge in [-0.25, -0.2) is 0 Å². The molecule has 4 nitrogen and oxygen atoms in total. The van der Waals surface area contributed by atoms with Gasteiger partial charge in [-0.05, 0) is 25.3 Å². The highest BCUT2D eigenvalue weighted by Crippen LogP contribution is 2.21. The summed E-state index contributed by atoms with van der Waals surface area (Å²) in [6, 6.07) is 9.80. The largest absolute Gasteiger partial charge is 0.378 e. The van der Waals surface area contributed by atoms with Crippen LogP contribution in [0.25, 0.3) is 0 Å². The number of likely N-dealkylation sites (tertiary alicyclic amines) is 1. The van der Waals surface area contributed by atoms with Crippen molar-refractivity contribution in [2.24, 2.45) is 5.73 Å². The molecular formula is C16H24N2O2. The average molecular weight is 276 g/mol. The van der Waals surface area contributed by atoms with Crippen LogP contribution in [0.3, 0.4) is 0 Å². The zero-order valence-electron chi connectivity index (χ0n) is 12.1. The van der Waals surface area contributed by atoms with Crippen LogP contribution in [0, 0.1) is 0 Å². The second kappa shape index (κ2) is 7.41. The van der Waals surface area contributed by atoms with E-state index >= 15 is 0 Å². The number of ether oxygens (including phenoxy) is 1. The van der Waals surface area contributed by atoms with Crippen LogP contribution < -0.4 is 5.73 Å². The molecule has 2 N–H and O–H groups in total. The Morgan fingerprint density at radius 2 is 2.00 bits per heavy atom. The summed E-state index contributed by atoms with van der Waals surface area (Å²) in [6.45, 7) is 4.65. The molecule has 1 aromatic rings. The highest BCUT2D eigenvalue weighted by molar-refractivity contribution is 5.84. The van der Waals surface area contributed by atoms with Crippen LogP contribution in [-0.2, 0) is 9.53 Å². The molecule has 0 aliphatic carbocycles. The Hall–Kier alpha value is -1.39. The van der Waals surface area contributed by atoms with Gasteiger partial charge in [0, 0.05) is 26.2 Å². The number of rotatable bonds is 5. The summed E-state index contributed by atoms with van der Waals surface area (Å²) in [5, 5.41) is 0. The van der Waals surface area contributed by atoms with Crippen LogP contribution in [-0.4, -0.2) is 43.2 Å². The van der Waals surface area contributed by atoms with Gasteiger partial charge in [-0.2, -0.15) is 0 Å². The van der Waals surface area contributed by atoms with Crippen molar-refractivity contribution in [3.63, 3.8) is 0 Å². The van der Waals surface area contributed by atoms with E-state index in [-0.39, 0.29) is 11.8 Å². The Labute approximate surface area is 120 Å². The van der Waals surface area contributed by atoms with Gasteiger partial charge < -0.3 is 15.4 Å². The molecule has 1 aliphatic rings. The highest BCUT2D eigenvalue weighted by atomic mass is 16.5. The van der Waals surface area contributed by atoms with Gasteiger partial charge in [0.25, 0.3) is 0 Å². The molecule has 0 radical (unpaired) electrons. The highest BCUT2D eigenvalue weighted by Gasteiger charge is 2.28. The lowest BCUT2D eigenvalue weighted by Crippen LogP contribution is -2.44. The van der Waals surface area contributed by atoms with Crippen molar-refractivity contribution in [3.8, 4) is 0 Å². The van der Waals surface area contributed by atoms with Crippen LogP contribution in [0.1, 0.15) is 31.2 Å². The first-order valence-corrected chi connectivity index (χ1v) is 7.41. The first-order chi connectivity index (χ1) is 9.76. The third-order valence-electron chi connectivity index (χ3n) is 3.89. The van der Waals surface area contributed by atoms with E-state index in [1.165, 1.54) is 0 Å². The summed E-state index contributed by atoms with van der Waals surface area (Å²) < 4.78 is 5.62. The molecule has 1 atom stereocenters. The molecule has 20 heavy (non-hydrogen) atoms. The Morgan fingerprint density at radius 3 is 2.55 bits per heavy atom. The zero-order chi connectivity index (χ0) is 14.4. The van der Waals surface area contributed by atoms with Crippen LogP contribution in [0.15, 0.2) is 30.3 Å². The summed E-state index contributed by atoms with van der Waals surface area (Å²) in [7, 11) is 0. The number of nitrogens with two attached hydrogens (primary N) is 1. The normalized spacial score (nSPS) is 18.0. The number of carbonyl (C=O) groups excluding carboxylic acids is 1. The lowest BCUT2D eigenvalue weighted by atomic mass is 9.96. The van der Waals surface area contributed by atoms with E-state index in [0.717, 1.165) is 38.1 Å². The molecule has 1 saturated heterocycles. The number of carbonyl (C=O) groups is 1. The second-order valence-corrected chi connectivity index (χ2v) is 5.18. The SMILES string of the molecule is CCOC1CCN(C(=O)C(CN)c2ccccc2)CC1. The van der Waals surface area contributed by atoms with Crippen molar-refractivity contribution in [1.29, 1.82) is 0 Å². The topological polar surface area (TPSA) is 55.6 Å². The van der Waals surface area contributed by atoms with E-state index in [4.69, 9.17) is 10.5 Å². The molecule has 1 aromatic carbocycles. The molecule has 0 saturated carbocycles. The molecular weight excluding hydrogens is 252 g/mol. The fourth-order valence-corrected chi connectivity index (χ4v) is 2.76. The Morgan fingerprint density at radius 1 is 1.35 bits per heavy atom. The van der Waals surface area contributed by atoms with E-state index in [1.54, 1.807) is 0 Å². The number of amides is 1. The summed E-state index contributed by atoms with van der Waals surface area (Å²) in [6.07, 6.45) is 2.15. The van der Waals surface area contributed by atoms with Gasteiger partial charge in [0.2, 0.25) is 5.91 Å². The molecule has 1 amide bonds. The second-order valence-electron chi connectivity index (χ2n) is 5.18. The van der Waals surface area contributed by atoms with Crippen molar-refractivity contribution >= 4 is 5.91 Å². The maximum Gasteiger partial charge on any atom is 0.231 e. The quantitative estimate of drug-likeness (QED) is 0.891. The van der Waals surface area contributed by atoms with Gasteiger partial charge in [-0.15, -0.1) is 0 Å². The third-order valence-corrected chi connectivity index (χ3v) is 3.89. The van der Waals surface area contributed by atoms with Gasteiger partial charge in [0.05, 0.1) is 12.0 Å². The molecule has 1 unspecified atom stereocenters. The Bertz CT molecular complexity index is 414. The molecule has 110 valence electrons. The van der Waals surface area contributed by atoms with Gasteiger partial charge in [-0.1, -0.05) is 30.3 Å². The van der Waals surface area contributed by atoms with Crippen LogP contribution in [0.4, 0.5) is 0 Å². The van der Waals surface area contributed by atoms with Gasteiger partial charge in [0.1, 0.15) is 0 Å².